The molecule has 2 nitrogen and oxygen atoms in total. The lowest BCUT2D eigenvalue weighted by atomic mass is 9.90. The van der Waals surface area contributed by atoms with E-state index in [1.807, 2.05) is 36.5 Å². The molecular weight excluding hydrogens is 556 g/mol. The number of hydrogen-bond donors (Lipinski definition) is 1. The summed E-state index contributed by atoms with van der Waals surface area (Å²) in [6, 6.07) is 48.4. The molecule has 1 aromatic heterocycles. The Hall–Kier alpha value is -5.31. The molecule has 5 aromatic carbocycles. The van der Waals surface area contributed by atoms with Crippen LogP contribution < -0.4 is 5.73 Å². The molecule has 0 aliphatic carbocycles. The van der Waals surface area contributed by atoms with Crippen LogP contribution in [0.15, 0.2) is 164 Å². The number of nitrogens with two attached hydrogens (primary N) is 1. The van der Waals surface area contributed by atoms with Crippen molar-refractivity contribution in [2.75, 3.05) is 6.54 Å². The van der Waals surface area contributed by atoms with Crippen LogP contribution in [-0.4, -0.2) is 11.5 Å². The maximum atomic E-state index is 5.62. The smallest absolute Gasteiger partial charge is 0.0701 e. The van der Waals surface area contributed by atoms with E-state index in [9.17, 15) is 0 Å². The molecule has 2 N–H and O–H groups in total. The Bertz CT molecular complexity index is 1880. The number of aromatic nitrogens is 1. The molecule has 0 saturated carbocycles. The number of unbranched alkanes of at least 4 members (excludes halogenated alkanes) is 1. The fraction of sp³-hybridized carbons (Fsp3) is 0.114. The van der Waals surface area contributed by atoms with Gasteiger partial charge in [0, 0.05) is 18.3 Å². The number of pyridine rings is 1. The molecule has 6 rings (SSSR count). The molecule has 0 spiro atoms. The van der Waals surface area contributed by atoms with Crippen LogP contribution in [0.4, 0.5) is 0 Å². The largest absolute Gasteiger partial charge is 0.327 e. The zero-order valence-electron chi connectivity index (χ0n) is 26.3. The molecule has 6 aromatic rings. The number of nitrogens with zero attached hydrogens (tertiary/aromatic N) is 1. The zero-order valence-corrected chi connectivity index (χ0v) is 26.3. The van der Waals surface area contributed by atoms with Crippen molar-refractivity contribution in [2.24, 2.45) is 5.73 Å². The van der Waals surface area contributed by atoms with Gasteiger partial charge >= 0.3 is 0 Å². The van der Waals surface area contributed by atoms with Crippen molar-refractivity contribution < 1.29 is 0 Å². The molecule has 0 fully saturated rings. The summed E-state index contributed by atoms with van der Waals surface area (Å²) < 4.78 is 0. The Balaban J connectivity index is 1.31. The number of benzene rings is 5. The molecule has 46 heavy (non-hydrogen) atoms. The maximum absolute atomic E-state index is 5.62. The van der Waals surface area contributed by atoms with Gasteiger partial charge in [-0.3, -0.25) is 4.98 Å². The summed E-state index contributed by atoms with van der Waals surface area (Å²) in [6.45, 7) is 4.40. The molecule has 0 aliphatic heterocycles. The Morgan fingerprint density at radius 3 is 1.76 bits per heavy atom. The molecule has 0 atom stereocenters. The van der Waals surface area contributed by atoms with E-state index in [0.29, 0.717) is 6.54 Å². The molecule has 0 radical (unpaired) electrons. The van der Waals surface area contributed by atoms with Gasteiger partial charge in [0.15, 0.2) is 0 Å². The van der Waals surface area contributed by atoms with E-state index in [-0.39, 0.29) is 0 Å². The highest BCUT2D eigenvalue weighted by Crippen LogP contribution is 2.37. The zero-order chi connectivity index (χ0) is 31.6. The van der Waals surface area contributed by atoms with Crippen LogP contribution in [0.5, 0.6) is 0 Å². The van der Waals surface area contributed by atoms with E-state index in [1.54, 1.807) is 0 Å². The average molecular weight is 597 g/mol. The predicted octanol–water partition coefficient (Wildman–Crippen LogP) is 11.0. The highest BCUT2D eigenvalue weighted by Gasteiger charge is 2.12. The van der Waals surface area contributed by atoms with Crippen molar-refractivity contribution >= 4 is 0 Å². The monoisotopic (exact) mass is 596 g/mol. The van der Waals surface area contributed by atoms with E-state index in [2.05, 4.69) is 133 Å². The van der Waals surface area contributed by atoms with Crippen molar-refractivity contribution in [1.29, 1.82) is 0 Å². The van der Waals surface area contributed by atoms with E-state index in [0.717, 1.165) is 36.9 Å². The van der Waals surface area contributed by atoms with Crippen molar-refractivity contribution in [2.45, 2.75) is 25.7 Å². The van der Waals surface area contributed by atoms with E-state index in [1.165, 1.54) is 55.6 Å². The second-order valence-electron chi connectivity index (χ2n) is 11.6. The SMILES string of the molecule is C=CCCCc1ccc(-c2ccc(-c3ccc(-c4ccc(C/C=C\CN)cc4)c(-c4ccc(-c5ccccn5)cc4)c3)cc2)cc1. The van der Waals surface area contributed by atoms with Crippen LogP contribution in [0, 0.1) is 0 Å². The molecule has 226 valence electrons. The maximum Gasteiger partial charge on any atom is 0.0701 e. The number of aryl methyl sites for hydroxylation is 1. The van der Waals surface area contributed by atoms with Crippen molar-refractivity contribution in [1.82, 2.24) is 4.98 Å². The van der Waals surface area contributed by atoms with Gasteiger partial charge in [0.1, 0.15) is 0 Å². The van der Waals surface area contributed by atoms with Gasteiger partial charge in [0.2, 0.25) is 0 Å². The van der Waals surface area contributed by atoms with Crippen molar-refractivity contribution in [3.05, 3.63) is 176 Å². The van der Waals surface area contributed by atoms with E-state index < -0.39 is 0 Å². The number of hydrogen-bond acceptors (Lipinski definition) is 2. The standard InChI is InChI=1S/C44H40N2/c1-2-3-4-9-33-12-16-35(17-13-33)36-20-22-37(23-21-36)41-28-29-42(38-18-14-34(15-19-38)10-5-7-30-45)43(32-41)39-24-26-40(27-25-39)44-11-6-8-31-46-44/h2,5-8,11-29,31-32H,1,3-4,9-10,30,45H2/b7-5-. The lowest BCUT2D eigenvalue weighted by Crippen LogP contribution is -1.93. The minimum atomic E-state index is 0.569. The second-order valence-corrected chi connectivity index (χ2v) is 11.6. The highest BCUT2D eigenvalue weighted by molar-refractivity contribution is 5.88. The molecule has 0 amide bonds. The van der Waals surface area contributed by atoms with Crippen LogP contribution in [-0.2, 0) is 12.8 Å². The molecule has 0 aliphatic rings. The predicted molar refractivity (Wildman–Crippen MR) is 196 cm³/mol. The molecular formula is C44H40N2. The van der Waals surface area contributed by atoms with Crippen LogP contribution in [0.25, 0.3) is 55.8 Å². The summed E-state index contributed by atoms with van der Waals surface area (Å²) in [5.74, 6) is 0. The van der Waals surface area contributed by atoms with Gasteiger partial charge in [-0.25, -0.2) is 0 Å². The molecule has 0 unspecified atom stereocenters. The third kappa shape index (κ3) is 7.48. The van der Waals surface area contributed by atoms with Gasteiger partial charge in [0.25, 0.3) is 0 Å². The summed E-state index contributed by atoms with van der Waals surface area (Å²) in [5.41, 5.74) is 20.0. The minimum Gasteiger partial charge on any atom is -0.327 e. The van der Waals surface area contributed by atoms with Gasteiger partial charge in [-0.2, -0.15) is 0 Å². The first kappa shape index (κ1) is 30.7. The first-order valence-electron chi connectivity index (χ1n) is 16.1. The summed E-state index contributed by atoms with van der Waals surface area (Å²) in [5, 5.41) is 0. The first-order chi connectivity index (χ1) is 22.7. The Labute approximate surface area is 273 Å². The van der Waals surface area contributed by atoms with Gasteiger partial charge in [-0.15, -0.1) is 6.58 Å². The molecule has 1 heterocycles. The summed E-state index contributed by atoms with van der Waals surface area (Å²) in [6.07, 6.45) is 12.1. The van der Waals surface area contributed by atoms with Gasteiger partial charge in [-0.1, -0.05) is 133 Å². The van der Waals surface area contributed by atoms with Crippen LogP contribution in [0.3, 0.4) is 0 Å². The first-order valence-corrected chi connectivity index (χ1v) is 16.1. The Morgan fingerprint density at radius 1 is 0.543 bits per heavy atom. The third-order valence-electron chi connectivity index (χ3n) is 8.48. The van der Waals surface area contributed by atoms with E-state index in [4.69, 9.17) is 5.73 Å². The van der Waals surface area contributed by atoms with E-state index >= 15 is 0 Å². The normalized spacial score (nSPS) is 11.2. The minimum absolute atomic E-state index is 0.569. The quantitative estimate of drug-likeness (QED) is 0.113. The van der Waals surface area contributed by atoms with Crippen LogP contribution >= 0.6 is 0 Å². The fourth-order valence-electron chi connectivity index (χ4n) is 5.87. The van der Waals surface area contributed by atoms with Crippen molar-refractivity contribution in [3.8, 4) is 55.8 Å². The lowest BCUT2D eigenvalue weighted by molar-refractivity contribution is 0.844. The lowest BCUT2D eigenvalue weighted by Gasteiger charge is -2.15. The number of rotatable bonds is 12. The Morgan fingerprint density at radius 2 is 1.11 bits per heavy atom. The van der Waals surface area contributed by atoms with Gasteiger partial charge < -0.3 is 5.73 Å². The van der Waals surface area contributed by atoms with Gasteiger partial charge in [0.05, 0.1) is 5.69 Å². The highest BCUT2D eigenvalue weighted by atomic mass is 14.7. The molecule has 0 bridgehead atoms. The van der Waals surface area contributed by atoms with Crippen molar-refractivity contribution in [3.63, 3.8) is 0 Å². The third-order valence-corrected chi connectivity index (χ3v) is 8.48. The molecule has 0 saturated heterocycles. The summed E-state index contributed by atoms with van der Waals surface area (Å²) in [4.78, 5) is 4.54. The average Bonchev–Trinajstić information content (AvgIpc) is 3.13. The Kier molecular flexibility index (Phi) is 10.1. The molecule has 2 heteroatoms. The fourth-order valence-corrected chi connectivity index (χ4v) is 5.87. The van der Waals surface area contributed by atoms with Crippen LogP contribution in [0.2, 0.25) is 0 Å². The summed E-state index contributed by atoms with van der Waals surface area (Å²) >= 11 is 0. The topological polar surface area (TPSA) is 38.9 Å². The van der Waals surface area contributed by atoms with Gasteiger partial charge in [-0.05, 0) is 99.5 Å². The summed E-state index contributed by atoms with van der Waals surface area (Å²) in [7, 11) is 0. The van der Waals surface area contributed by atoms with Crippen LogP contribution in [0.1, 0.15) is 24.0 Å². The number of allylic oxidation sites excluding steroid dienone is 2. The second kappa shape index (κ2) is 15.1.